The van der Waals surface area contributed by atoms with Crippen LogP contribution in [-0.2, 0) is 6.54 Å². The Hall–Kier alpha value is -3.22. The van der Waals surface area contributed by atoms with Gasteiger partial charge in [0, 0.05) is 6.20 Å². The van der Waals surface area contributed by atoms with Crippen molar-refractivity contribution < 1.29 is 10.0 Å². The number of nitrogens with zero attached hydrogens (tertiary/aromatic N) is 2. The highest BCUT2D eigenvalue weighted by Gasteiger charge is 2.11. The summed E-state index contributed by atoms with van der Waals surface area (Å²) in [6.45, 7) is 0.671. The number of carbonyl (C=O) groups is 1. The van der Waals surface area contributed by atoms with Crippen molar-refractivity contribution in [2.45, 2.75) is 6.54 Å². The predicted octanol–water partition coefficient (Wildman–Crippen LogP) is 4.45. The van der Waals surface area contributed by atoms with Crippen LogP contribution in [0, 0.1) is 0 Å². The average Bonchev–Trinajstić information content (AvgIpc) is 3.38. The van der Waals surface area contributed by atoms with Gasteiger partial charge in [-0.2, -0.15) is 5.10 Å². The van der Waals surface area contributed by atoms with Gasteiger partial charge in [-0.15, -0.1) is 11.3 Å². The number of amides is 1. The number of thiophene rings is 1. The van der Waals surface area contributed by atoms with Gasteiger partial charge in [-0.3, -0.25) is 14.7 Å². The van der Waals surface area contributed by atoms with E-state index >= 15 is 0 Å². The van der Waals surface area contributed by atoms with Crippen LogP contribution in [0.4, 0.5) is 0 Å². The Morgan fingerprint density at radius 1 is 0.963 bits per heavy atom. The molecule has 0 aliphatic rings. The van der Waals surface area contributed by atoms with Gasteiger partial charge in [0.1, 0.15) is 5.69 Å². The van der Waals surface area contributed by atoms with Gasteiger partial charge in [0.2, 0.25) is 0 Å². The molecule has 134 valence electrons. The molecule has 0 aliphatic heterocycles. The third-order valence-electron chi connectivity index (χ3n) is 4.23. The maximum absolute atomic E-state index is 11.5. The van der Waals surface area contributed by atoms with Gasteiger partial charge < -0.3 is 0 Å². The predicted molar refractivity (Wildman–Crippen MR) is 106 cm³/mol. The van der Waals surface area contributed by atoms with Crippen molar-refractivity contribution in [2.75, 3.05) is 0 Å². The molecule has 0 saturated carbocycles. The lowest BCUT2D eigenvalue weighted by molar-refractivity contribution is 0.0711. The summed E-state index contributed by atoms with van der Waals surface area (Å²) in [6, 6.07) is 24.2. The number of hydrogen-bond acceptors (Lipinski definition) is 4. The third kappa shape index (κ3) is 3.81. The summed E-state index contributed by atoms with van der Waals surface area (Å²) >= 11 is 1.29. The molecule has 0 saturated heterocycles. The molecular weight excluding hydrogens is 358 g/mol. The van der Waals surface area contributed by atoms with Crippen molar-refractivity contribution in [3.05, 3.63) is 89.4 Å². The van der Waals surface area contributed by atoms with Crippen LogP contribution in [0.5, 0.6) is 0 Å². The van der Waals surface area contributed by atoms with Crippen molar-refractivity contribution in [3.8, 4) is 21.7 Å². The van der Waals surface area contributed by atoms with E-state index < -0.39 is 5.91 Å². The van der Waals surface area contributed by atoms with Crippen molar-refractivity contribution in [3.63, 3.8) is 0 Å². The van der Waals surface area contributed by atoms with Gasteiger partial charge in [-0.05, 0) is 34.9 Å². The molecule has 2 aromatic carbocycles. The number of hydroxylamine groups is 1. The summed E-state index contributed by atoms with van der Waals surface area (Å²) in [5, 5.41) is 13.3. The van der Waals surface area contributed by atoms with Gasteiger partial charge in [0.25, 0.3) is 5.91 Å². The highest BCUT2D eigenvalue weighted by atomic mass is 32.1. The van der Waals surface area contributed by atoms with E-state index in [0.717, 1.165) is 16.1 Å². The Bertz CT molecular complexity index is 1050. The molecule has 1 amide bonds. The maximum atomic E-state index is 11.5. The van der Waals surface area contributed by atoms with E-state index in [1.807, 2.05) is 41.2 Å². The molecule has 0 aliphatic carbocycles. The second-order valence-corrected chi connectivity index (χ2v) is 7.15. The fraction of sp³-hybridized carbons (Fsp3) is 0.0476. The molecule has 0 fully saturated rings. The van der Waals surface area contributed by atoms with Gasteiger partial charge in [0.15, 0.2) is 0 Å². The largest absolute Gasteiger partial charge is 0.288 e. The number of rotatable bonds is 5. The Kier molecular flexibility index (Phi) is 4.82. The van der Waals surface area contributed by atoms with Crippen LogP contribution >= 0.6 is 11.3 Å². The smallest absolute Gasteiger partial charge is 0.284 e. The van der Waals surface area contributed by atoms with E-state index in [9.17, 15) is 4.79 Å². The minimum Gasteiger partial charge on any atom is -0.288 e. The van der Waals surface area contributed by atoms with Crippen LogP contribution in [0.25, 0.3) is 21.7 Å². The first-order valence-corrected chi connectivity index (χ1v) is 9.27. The van der Waals surface area contributed by atoms with Crippen molar-refractivity contribution in [1.82, 2.24) is 15.3 Å². The molecule has 0 spiro atoms. The van der Waals surface area contributed by atoms with Crippen LogP contribution in [0.15, 0.2) is 79.0 Å². The topological polar surface area (TPSA) is 67.2 Å². The van der Waals surface area contributed by atoms with E-state index in [0.29, 0.717) is 11.4 Å². The first-order chi connectivity index (χ1) is 13.2. The molecular formula is C21H17N3O2S. The normalized spacial score (nSPS) is 10.7. The quantitative estimate of drug-likeness (QED) is 0.400. The molecule has 2 N–H and O–H groups in total. The second-order valence-electron chi connectivity index (χ2n) is 6.07. The molecule has 5 nitrogen and oxygen atoms in total. The second kappa shape index (κ2) is 7.57. The molecule has 4 aromatic rings. The average molecular weight is 375 g/mol. The fourth-order valence-corrected chi connectivity index (χ4v) is 3.71. The monoisotopic (exact) mass is 375 g/mol. The van der Waals surface area contributed by atoms with E-state index in [1.54, 1.807) is 11.5 Å². The molecule has 0 radical (unpaired) electrons. The van der Waals surface area contributed by atoms with Crippen LogP contribution in [0.3, 0.4) is 0 Å². The number of nitrogens with one attached hydrogen (secondary N) is 1. The zero-order valence-electron chi connectivity index (χ0n) is 14.4. The minimum atomic E-state index is -0.510. The lowest BCUT2D eigenvalue weighted by Crippen LogP contribution is -2.16. The number of aromatic nitrogens is 2. The van der Waals surface area contributed by atoms with Gasteiger partial charge in [-0.1, -0.05) is 54.6 Å². The van der Waals surface area contributed by atoms with E-state index in [-0.39, 0.29) is 0 Å². The van der Waals surface area contributed by atoms with E-state index in [1.165, 1.54) is 22.5 Å². The van der Waals surface area contributed by atoms with Gasteiger partial charge in [-0.25, -0.2) is 5.48 Å². The van der Waals surface area contributed by atoms with E-state index in [4.69, 9.17) is 5.21 Å². The summed E-state index contributed by atoms with van der Waals surface area (Å²) in [6.07, 6.45) is 1.92. The Morgan fingerprint density at radius 3 is 2.44 bits per heavy atom. The molecule has 0 atom stereocenters. The van der Waals surface area contributed by atoms with Gasteiger partial charge >= 0.3 is 0 Å². The summed E-state index contributed by atoms with van der Waals surface area (Å²) < 4.78 is 1.87. The van der Waals surface area contributed by atoms with Crippen molar-refractivity contribution >= 4 is 17.2 Å². The first-order valence-electron chi connectivity index (χ1n) is 8.45. The summed E-state index contributed by atoms with van der Waals surface area (Å²) in [7, 11) is 0. The molecule has 27 heavy (non-hydrogen) atoms. The molecule has 6 heteroatoms. The fourth-order valence-electron chi connectivity index (χ4n) is 2.85. The summed E-state index contributed by atoms with van der Waals surface area (Å²) in [5.41, 5.74) is 6.00. The Balaban J connectivity index is 1.48. The highest BCUT2D eigenvalue weighted by molar-refractivity contribution is 7.17. The Labute approximate surface area is 160 Å². The van der Waals surface area contributed by atoms with Crippen LogP contribution in [-0.4, -0.2) is 20.9 Å². The van der Waals surface area contributed by atoms with Crippen LogP contribution < -0.4 is 5.48 Å². The van der Waals surface area contributed by atoms with E-state index in [2.05, 4.69) is 41.5 Å². The third-order valence-corrected chi connectivity index (χ3v) is 5.34. The first kappa shape index (κ1) is 17.2. The Morgan fingerprint density at radius 2 is 1.70 bits per heavy atom. The highest BCUT2D eigenvalue weighted by Crippen LogP contribution is 2.27. The van der Waals surface area contributed by atoms with Crippen molar-refractivity contribution in [1.29, 1.82) is 0 Å². The molecule has 2 aromatic heterocycles. The van der Waals surface area contributed by atoms with Gasteiger partial charge in [0.05, 0.1) is 16.3 Å². The standard InChI is InChI=1S/C21H17N3O2S/c25-21(23-26)20-11-10-19(27-20)18-12-13-24(22-18)14-15-6-8-17(9-7-15)16-4-2-1-3-5-16/h1-13,26H,14H2,(H,23,25). The maximum Gasteiger partial charge on any atom is 0.284 e. The number of carbonyl (C=O) groups excluding carboxylic acids is 1. The molecule has 4 rings (SSSR count). The number of hydrogen-bond donors (Lipinski definition) is 2. The lowest BCUT2D eigenvalue weighted by Gasteiger charge is -2.05. The summed E-state index contributed by atoms with van der Waals surface area (Å²) in [5.74, 6) is -0.510. The molecule has 0 bridgehead atoms. The summed E-state index contributed by atoms with van der Waals surface area (Å²) in [4.78, 5) is 12.8. The van der Waals surface area contributed by atoms with Crippen LogP contribution in [0.2, 0.25) is 0 Å². The number of benzene rings is 2. The van der Waals surface area contributed by atoms with Crippen molar-refractivity contribution in [2.24, 2.45) is 0 Å². The molecule has 2 heterocycles. The zero-order chi connectivity index (χ0) is 18.6. The molecule has 0 unspecified atom stereocenters. The zero-order valence-corrected chi connectivity index (χ0v) is 15.2. The SMILES string of the molecule is O=C(NO)c1ccc(-c2ccn(Cc3ccc(-c4ccccc4)cc3)n2)s1. The lowest BCUT2D eigenvalue weighted by atomic mass is 10.0. The van der Waals surface area contributed by atoms with Crippen LogP contribution in [0.1, 0.15) is 15.2 Å². The minimum absolute atomic E-state index is 0.443.